The third kappa shape index (κ3) is 4.40. The highest BCUT2D eigenvalue weighted by Gasteiger charge is 2.33. The van der Waals surface area contributed by atoms with Crippen LogP contribution in [-0.4, -0.2) is 29.4 Å². The minimum Gasteiger partial charge on any atom is -0.497 e. The maximum Gasteiger partial charge on any atom is 0.418 e. The first-order valence-corrected chi connectivity index (χ1v) is 8.02. The molecule has 0 saturated heterocycles. The summed E-state index contributed by atoms with van der Waals surface area (Å²) in [5, 5.41) is 13.2. The lowest BCUT2D eigenvalue weighted by Crippen LogP contribution is -2.10. The van der Waals surface area contributed by atoms with Gasteiger partial charge < -0.3 is 20.1 Å². The van der Waals surface area contributed by atoms with Crippen molar-refractivity contribution in [2.75, 3.05) is 24.9 Å². The van der Waals surface area contributed by atoms with Crippen molar-refractivity contribution in [2.24, 2.45) is 0 Å². The molecular weight excluding hydrogens is 375 g/mol. The summed E-state index contributed by atoms with van der Waals surface area (Å²) in [6.45, 7) is 0. The van der Waals surface area contributed by atoms with Crippen molar-refractivity contribution in [1.29, 1.82) is 0 Å². The SMILES string of the molecule is COc1ccc(OC)c(Nc2nncc(Nc3ccccc3C(F)(F)F)n2)c1. The van der Waals surface area contributed by atoms with Gasteiger partial charge in [0.25, 0.3) is 0 Å². The summed E-state index contributed by atoms with van der Waals surface area (Å²) in [5.74, 6) is 1.24. The molecule has 0 spiro atoms. The van der Waals surface area contributed by atoms with Crippen LogP contribution in [0.3, 0.4) is 0 Å². The Morgan fingerprint density at radius 3 is 2.43 bits per heavy atom. The van der Waals surface area contributed by atoms with Crippen molar-refractivity contribution >= 4 is 23.1 Å². The Hall–Kier alpha value is -3.56. The fourth-order valence-corrected chi connectivity index (χ4v) is 2.43. The molecule has 0 aliphatic rings. The fourth-order valence-electron chi connectivity index (χ4n) is 2.43. The highest BCUT2D eigenvalue weighted by atomic mass is 19.4. The molecule has 3 rings (SSSR count). The number of hydrogen-bond donors (Lipinski definition) is 2. The number of ether oxygens (including phenoxy) is 2. The van der Waals surface area contributed by atoms with Gasteiger partial charge in [-0.25, -0.2) is 0 Å². The van der Waals surface area contributed by atoms with Gasteiger partial charge in [0.1, 0.15) is 11.5 Å². The van der Waals surface area contributed by atoms with E-state index in [9.17, 15) is 13.2 Å². The first-order valence-electron chi connectivity index (χ1n) is 8.02. The third-order valence-corrected chi connectivity index (χ3v) is 3.71. The molecule has 146 valence electrons. The van der Waals surface area contributed by atoms with Crippen molar-refractivity contribution in [1.82, 2.24) is 15.2 Å². The molecule has 0 aliphatic heterocycles. The summed E-state index contributed by atoms with van der Waals surface area (Å²) in [6, 6.07) is 10.2. The predicted octanol–water partition coefficient (Wildman–Crippen LogP) is 4.39. The molecule has 0 aliphatic carbocycles. The molecule has 1 aromatic heterocycles. The molecule has 0 unspecified atom stereocenters. The van der Waals surface area contributed by atoms with Crippen LogP contribution in [0.4, 0.5) is 36.3 Å². The Kier molecular flexibility index (Phi) is 5.48. The zero-order chi connectivity index (χ0) is 20.1. The second-order valence-corrected chi connectivity index (χ2v) is 5.52. The smallest absolute Gasteiger partial charge is 0.418 e. The predicted molar refractivity (Wildman–Crippen MR) is 97.4 cm³/mol. The second-order valence-electron chi connectivity index (χ2n) is 5.52. The number of aromatic nitrogens is 3. The number of anilines is 4. The summed E-state index contributed by atoms with van der Waals surface area (Å²) in [7, 11) is 3.02. The van der Waals surface area contributed by atoms with E-state index in [2.05, 4.69) is 25.8 Å². The number of alkyl halides is 3. The summed E-state index contributed by atoms with van der Waals surface area (Å²) >= 11 is 0. The number of para-hydroxylation sites is 1. The maximum absolute atomic E-state index is 13.1. The van der Waals surface area contributed by atoms with Crippen LogP contribution < -0.4 is 20.1 Å². The first-order chi connectivity index (χ1) is 13.4. The quantitative estimate of drug-likeness (QED) is 0.645. The van der Waals surface area contributed by atoms with E-state index in [4.69, 9.17) is 9.47 Å². The van der Waals surface area contributed by atoms with Gasteiger partial charge in [-0.2, -0.15) is 23.3 Å². The zero-order valence-corrected chi connectivity index (χ0v) is 14.9. The van der Waals surface area contributed by atoms with Crippen molar-refractivity contribution in [2.45, 2.75) is 6.18 Å². The lowest BCUT2D eigenvalue weighted by Gasteiger charge is -2.14. The summed E-state index contributed by atoms with van der Waals surface area (Å²) < 4.78 is 49.9. The Morgan fingerprint density at radius 2 is 1.71 bits per heavy atom. The first kappa shape index (κ1) is 19.2. The number of hydrogen-bond acceptors (Lipinski definition) is 7. The normalized spacial score (nSPS) is 11.0. The Labute approximate surface area is 158 Å². The second kappa shape index (κ2) is 7.99. The van der Waals surface area contributed by atoms with Crippen LogP contribution >= 0.6 is 0 Å². The molecule has 0 fully saturated rings. The number of halogens is 3. The molecule has 2 aromatic carbocycles. The van der Waals surface area contributed by atoms with E-state index in [1.807, 2.05) is 0 Å². The minimum atomic E-state index is -4.50. The van der Waals surface area contributed by atoms with Gasteiger partial charge in [-0.1, -0.05) is 12.1 Å². The van der Waals surface area contributed by atoms with Crippen molar-refractivity contribution in [3.63, 3.8) is 0 Å². The molecule has 0 saturated carbocycles. The Morgan fingerprint density at radius 1 is 0.929 bits per heavy atom. The molecule has 0 atom stereocenters. The van der Waals surface area contributed by atoms with Crippen LogP contribution in [0.25, 0.3) is 0 Å². The average molecular weight is 391 g/mol. The van der Waals surface area contributed by atoms with Gasteiger partial charge in [0.05, 0.1) is 37.4 Å². The molecule has 0 bridgehead atoms. The summed E-state index contributed by atoms with van der Waals surface area (Å²) in [5.41, 5.74) is -0.436. The third-order valence-electron chi connectivity index (χ3n) is 3.71. The molecule has 2 N–H and O–H groups in total. The van der Waals surface area contributed by atoms with Gasteiger partial charge in [0.2, 0.25) is 5.95 Å². The van der Waals surface area contributed by atoms with Crippen molar-refractivity contribution in [3.05, 3.63) is 54.2 Å². The number of benzene rings is 2. The van der Waals surface area contributed by atoms with E-state index in [1.165, 1.54) is 38.6 Å². The number of nitrogens with zero attached hydrogens (tertiary/aromatic N) is 3. The van der Waals surface area contributed by atoms with Gasteiger partial charge in [-0.15, -0.1) is 5.10 Å². The van der Waals surface area contributed by atoms with E-state index in [1.54, 1.807) is 18.2 Å². The maximum atomic E-state index is 13.1. The molecular formula is C18H16F3N5O2. The standard InChI is InChI=1S/C18H16F3N5O2/c1-27-11-7-8-15(28-2)14(9-11)24-17-25-16(10-22-26-17)23-13-6-4-3-5-12(13)18(19,20)21/h3-10H,1-2H3,(H2,23,24,25,26). The van der Waals surface area contributed by atoms with Crippen LogP contribution in [0.1, 0.15) is 5.56 Å². The highest BCUT2D eigenvalue weighted by Crippen LogP contribution is 2.36. The number of nitrogens with one attached hydrogen (secondary N) is 2. The summed E-state index contributed by atoms with van der Waals surface area (Å²) in [6.07, 6.45) is -3.28. The molecule has 7 nitrogen and oxygen atoms in total. The van der Waals surface area contributed by atoms with Crippen LogP contribution in [0.15, 0.2) is 48.7 Å². The van der Waals surface area contributed by atoms with Crippen LogP contribution in [0, 0.1) is 0 Å². The fraction of sp³-hybridized carbons (Fsp3) is 0.167. The Bertz CT molecular complexity index is 966. The summed E-state index contributed by atoms with van der Waals surface area (Å²) in [4.78, 5) is 4.16. The van der Waals surface area contributed by atoms with Gasteiger partial charge in [0, 0.05) is 6.07 Å². The van der Waals surface area contributed by atoms with E-state index < -0.39 is 11.7 Å². The Balaban J connectivity index is 1.87. The molecule has 0 radical (unpaired) electrons. The van der Waals surface area contributed by atoms with E-state index >= 15 is 0 Å². The topological polar surface area (TPSA) is 81.2 Å². The average Bonchev–Trinajstić information content (AvgIpc) is 2.68. The molecule has 28 heavy (non-hydrogen) atoms. The van der Waals surface area contributed by atoms with Gasteiger partial charge >= 0.3 is 6.18 Å². The number of methoxy groups -OCH3 is 2. The van der Waals surface area contributed by atoms with Gasteiger partial charge in [0.15, 0.2) is 5.82 Å². The monoisotopic (exact) mass is 391 g/mol. The zero-order valence-electron chi connectivity index (χ0n) is 14.9. The van der Waals surface area contributed by atoms with Crippen molar-refractivity contribution < 1.29 is 22.6 Å². The minimum absolute atomic E-state index is 0.0704. The number of rotatable bonds is 6. The van der Waals surface area contributed by atoms with E-state index in [-0.39, 0.29) is 17.5 Å². The van der Waals surface area contributed by atoms with E-state index in [0.717, 1.165) is 6.07 Å². The van der Waals surface area contributed by atoms with Crippen LogP contribution in [0.5, 0.6) is 11.5 Å². The van der Waals surface area contributed by atoms with Crippen LogP contribution in [-0.2, 0) is 6.18 Å². The highest BCUT2D eigenvalue weighted by molar-refractivity contribution is 5.66. The lowest BCUT2D eigenvalue weighted by molar-refractivity contribution is -0.136. The van der Waals surface area contributed by atoms with Crippen molar-refractivity contribution in [3.8, 4) is 11.5 Å². The van der Waals surface area contributed by atoms with Gasteiger partial charge in [-0.05, 0) is 24.3 Å². The van der Waals surface area contributed by atoms with E-state index in [0.29, 0.717) is 17.2 Å². The molecule has 10 heteroatoms. The largest absolute Gasteiger partial charge is 0.497 e. The molecule has 3 aromatic rings. The molecule has 1 heterocycles. The lowest BCUT2D eigenvalue weighted by atomic mass is 10.1. The van der Waals surface area contributed by atoms with Gasteiger partial charge in [-0.3, -0.25) is 0 Å². The van der Waals surface area contributed by atoms with Crippen LogP contribution in [0.2, 0.25) is 0 Å². The molecule has 0 amide bonds.